The summed E-state index contributed by atoms with van der Waals surface area (Å²) < 4.78 is 2.20. The van der Waals surface area contributed by atoms with Gasteiger partial charge in [0.15, 0.2) is 0 Å². The molecule has 3 aromatic rings. The molecule has 154 valence electrons. The maximum Gasteiger partial charge on any atom is 0.276 e. The number of benzene rings is 2. The van der Waals surface area contributed by atoms with Gasteiger partial charge in [-0.1, -0.05) is 42.8 Å². The van der Waals surface area contributed by atoms with Crippen LogP contribution in [0.1, 0.15) is 51.4 Å². The van der Waals surface area contributed by atoms with Crippen molar-refractivity contribution in [1.29, 1.82) is 0 Å². The zero-order chi connectivity index (χ0) is 21.1. The van der Waals surface area contributed by atoms with Crippen LogP contribution in [-0.4, -0.2) is 28.4 Å². The minimum atomic E-state index is -0.236. The number of fused-ring (bicyclic) bond motifs is 1. The van der Waals surface area contributed by atoms with Crippen molar-refractivity contribution in [3.05, 3.63) is 71.0 Å². The Hall–Kier alpha value is -3.41. The van der Waals surface area contributed by atoms with Gasteiger partial charge in [0.2, 0.25) is 0 Å². The van der Waals surface area contributed by atoms with Crippen LogP contribution in [0.15, 0.2) is 48.5 Å². The predicted octanol–water partition coefficient (Wildman–Crippen LogP) is 4.20. The summed E-state index contributed by atoms with van der Waals surface area (Å²) >= 11 is 0. The van der Waals surface area contributed by atoms with Crippen LogP contribution in [0.25, 0.3) is 11.4 Å². The van der Waals surface area contributed by atoms with Crippen LogP contribution in [-0.2, 0) is 13.0 Å². The first kappa shape index (κ1) is 19.9. The van der Waals surface area contributed by atoms with Gasteiger partial charge in [-0.05, 0) is 43.9 Å². The summed E-state index contributed by atoms with van der Waals surface area (Å²) in [6.45, 7) is 2.78. The molecule has 0 fully saturated rings. The third-order valence-electron chi connectivity index (χ3n) is 5.59. The molecule has 0 bridgehead atoms. The molecule has 4 rings (SSSR count). The quantitative estimate of drug-likeness (QED) is 0.687. The first-order chi connectivity index (χ1) is 14.6. The normalized spacial score (nSPS) is 13.3. The van der Waals surface area contributed by atoms with E-state index in [0.29, 0.717) is 16.9 Å². The molecule has 0 saturated carbocycles. The van der Waals surface area contributed by atoms with E-state index in [1.165, 1.54) is 0 Å². The van der Waals surface area contributed by atoms with E-state index in [4.69, 9.17) is 4.98 Å². The van der Waals surface area contributed by atoms with Crippen LogP contribution in [0.3, 0.4) is 0 Å². The molecule has 0 saturated heterocycles. The van der Waals surface area contributed by atoms with E-state index in [-0.39, 0.29) is 11.8 Å². The second-order valence-electron chi connectivity index (χ2n) is 7.62. The topological polar surface area (TPSA) is 76.0 Å². The Kier molecular flexibility index (Phi) is 5.65. The van der Waals surface area contributed by atoms with E-state index in [1.54, 1.807) is 19.2 Å². The molecule has 2 heterocycles. The van der Waals surface area contributed by atoms with Crippen molar-refractivity contribution in [2.75, 3.05) is 12.4 Å². The Morgan fingerprint density at radius 3 is 2.57 bits per heavy atom. The molecule has 2 amide bonds. The first-order valence-electron chi connectivity index (χ1n) is 10.4. The van der Waals surface area contributed by atoms with E-state index in [2.05, 4.69) is 15.2 Å². The van der Waals surface area contributed by atoms with E-state index >= 15 is 0 Å². The van der Waals surface area contributed by atoms with E-state index in [1.807, 2.05) is 43.3 Å². The number of aromatic nitrogens is 2. The number of amides is 2. The van der Waals surface area contributed by atoms with Crippen molar-refractivity contribution in [3.63, 3.8) is 0 Å². The number of nitrogens with one attached hydrogen (secondary N) is 2. The Labute approximate surface area is 176 Å². The standard InChI is InChI=1S/C24H26N4O2/c1-16-12-13-18(23(29)25-2)15-19(16)26-24(30)21-20-11-7-4-8-14-28(20)22(27-21)17-9-5-3-6-10-17/h3,5-6,9-10,12-13,15H,4,7-8,11,14H2,1-2H3,(H,25,29)(H,26,30). The Bertz CT molecular complexity index is 1090. The van der Waals surface area contributed by atoms with Crippen LogP contribution < -0.4 is 10.6 Å². The molecule has 0 atom stereocenters. The third kappa shape index (κ3) is 3.85. The number of hydrogen-bond donors (Lipinski definition) is 2. The zero-order valence-corrected chi connectivity index (χ0v) is 17.4. The van der Waals surface area contributed by atoms with Gasteiger partial charge in [0.25, 0.3) is 11.8 Å². The average molecular weight is 402 g/mol. The summed E-state index contributed by atoms with van der Waals surface area (Å²) in [5.74, 6) is 0.418. The van der Waals surface area contributed by atoms with Gasteiger partial charge in [0, 0.05) is 30.4 Å². The third-order valence-corrected chi connectivity index (χ3v) is 5.59. The highest BCUT2D eigenvalue weighted by atomic mass is 16.2. The van der Waals surface area contributed by atoms with Crippen molar-refractivity contribution < 1.29 is 9.59 Å². The molecule has 2 aromatic carbocycles. The van der Waals surface area contributed by atoms with Crippen LogP contribution in [0.2, 0.25) is 0 Å². The number of anilines is 1. The summed E-state index contributed by atoms with van der Waals surface area (Å²) in [4.78, 5) is 30.0. The average Bonchev–Trinajstić information content (AvgIpc) is 2.96. The van der Waals surface area contributed by atoms with Gasteiger partial charge in [-0.25, -0.2) is 4.98 Å². The Morgan fingerprint density at radius 2 is 1.80 bits per heavy atom. The van der Waals surface area contributed by atoms with E-state index in [9.17, 15) is 9.59 Å². The monoisotopic (exact) mass is 402 g/mol. The SMILES string of the molecule is CNC(=O)c1ccc(C)c(NC(=O)c2nc(-c3ccccc3)n3c2CCCCC3)c1. The maximum absolute atomic E-state index is 13.3. The highest BCUT2D eigenvalue weighted by Gasteiger charge is 2.24. The lowest BCUT2D eigenvalue weighted by molar-refractivity contribution is 0.0961. The van der Waals surface area contributed by atoms with Gasteiger partial charge >= 0.3 is 0 Å². The maximum atomic E-state index is 13.3. The van der Waals surface area contributed by atoms with Gasteiger partial charge in [0.05, 0.1) is 5.69 Å². The molecule has 2 N–H and O–H groups in total. The lowest BCUT2D eigenvalue weighted by Gasteiger charge is -2.11. The number of aryl methyl sites for hydroxylation is 1. The summed E-state index contributed by atoms with van der Waals surface area (Å²) in [7, 11) is 1.59. The van der Waals surface area contributed by atoms with Crippen molar-refractivity contribution >= 4 is 17.5 Å². The summed E-state index contributed by atoms with van der Waals surface area (Å²) in [6.07, 6.45) is 4.10. The van der Waals surface area contributed by atoms with Crippen LogP contribution in [0.4, 0.5) is 5.69 Å². The summed E-state index contributed by atoms with van der Waals surface area (Å²) in [5, 5.41) is 5.60. The predicted molar refractivity (Wildman–Crippen MR) is 118 cm³/mol. The first-order valence-corrected chi connectivity index (χ1v) is 10.4. The fourth-order valence-corrected chi connectivity index (χ4v) is 3.93. The minimum Gasteiger partial charge on any atom is -0.355 e. The molecule has 0 spiro atoms. The van der Waals surface area contributed by atoms with Gasteiger partial charge in [-0.15, -0.1) is 0 Å². The molecular weight excluding hydrogens is 376 g/mol. The van der Waals surface area contributed by atoms with E-state index < -0.39 is 0 Å². The molecule has 1 aliphatic rings. The van der Waals surface area contributed by atoms with Crippen LogP contribution in [0.5, 0.6) is 0 Å². The number of carbonyl (C=O) groups excluding carboxylic acids is 2. The largest absolute Gasteiger partial charge is 0.355 e. The fraction of sp³-hybridized carbons (Fsp3) is 0.292. The summed E-state index contributed by atoms with van der Waals surface area (Å²) in [6, 6.07) is 15.3. The van der Waals surface area contributed by atoms with Crippen molar-refractivity contribution in [2.24, 2.45) is 0 Å². The van der Waals surface area contributed by atoms with Crippen molar-refractivity contribution in [3.8, 4) is 11.4 Å². The minimum absolute atomic E-state index is 0.187. The van der Waals surface area contributed by atoms with E-state index in [0.717, 1.165) is 54.9 Å². The molecule has 6 heteroatoms. The molecule has 0 unspecified atom stereocenters. The number of imidazole rings is 1. The van der Waals surface area contributed by atoms with Crippen LogP contribution >= 0.6 is 0 Å². The van der Waals surface area contributed by atoms with Crippen LogP contribution in [0, 0.1) is 6.92 Å². The fourth-order valence-electron chi connectivity index (χ4n) is 3.93. The molecule has 30 heavy (non-hydrogen) atoms. The van der Waals surface area contributed by atoms with Crippen molar-refractivity contribution in [1.82, 2.24) is 14.9 Å². The number of hydrogen-bond acceptors (Lipinski definition) is 3. The number of nitrogens with zero attached hydrogens (tertiary/aromatic N) is 2. The second kappa shape index (κ2) is 8.53. The number of rotatable bonds is 4. The highest BCUT2D eigenvalue weighted by molar-refractivity contribution is 6.05. The molecule has 0 aliphatic carbocycles. The lowest BCUT2D eigenvalue weighted by Crippen LogP contribution is -2.19. The van der Waals surface area contributed by atoms with Gasteiger partial charge in [0.1, 0.15) is 11.5 Å². The second-order valence-corrected chi connectivity index (χ2v) is 7.62. The van der Waals surface area contributed by atoms with Gasteiger partial charge < -0.3 is 15.2 Å². The molecular formula is C24H26N4O2. The molecule has 6 nitrogen and oxygen atoms in total. The van der Waals surface area contributed by atoms with Crippen molar-refractivity contribution in [2.45, 2.75) is 39.2 Å². The summed E-state index contributed by atoms with van der Waals surface area (Å²) in [5.41, 5.74) is 4.50. The molecule has 1 aromatic heterocycles. The number of carbonyl (C=O) groups is 2. The molecule has 1 aliphatic heterocycles. The van der Waals surface area contributed by atoms with Gasteiger partial charge in [-0.3, -0.25) is 9.59 Å². The molecule has 0 radical (unpaired) electrons. The Balaban J connectivity index is 1.71. The highest BCUT2D eigenvalue weighted by Crippen LogP contribution is 2.28. The zero-order valence-electron chi connectivity index (χ0n) is 17.4. The lowest BCUT2D eigenvalue weighted by atomic mass is 10.1. The smallest absolute Gasteiger partial charge is 0.276 e. The van der Waals surface area contributed by atoms with Gasteiger partial charge in [-0.2, -0.15) is 0 Å². The Morgan fingerprint density at radius 1 is 1.00 bits per heavy atom.